The van der Waals surface area contributed by atoms with Crippen molar-refractivity contribution in [3.63, 3.8) is 0 Å². The van der Waals surface area contributed by atoms with Crippen LogP contribution in [0.5, 0.6) is 0 Å². The lowest BCUT2D eigenvalue weighted by molar-refractivity contribution is 0.0944. The van der Waals surface area contributed by atoms with Gasteiger partial charge in [0, 0.05) is 12.1 Å². The molecule has 0 aliphatic carbocycles. The van der Waals surface area contributed by atoms with Crippen LogP contribution >= 0.6 is 0 Å². The summed E-state index contributed by atoms with van der Waals surface area (Å²) in [6.07, 6.45) is 0. The SMILES string of the molecule is Cc1cc(C)c(C(=O)NCCO)cc1C. The molecule has 0 aromatic heterocycles. The Balaban J connectivity index is 2.94. The number of nitrogens with one attached hydrogen (secondary N) is 1. The first-order valence-corrected chi connectivity index (χ1v) is 5.03. The van der Waals surface area contributed by atoms with Gasteiger partial charge in [-0.15, -0.1) is 0 Å². The second-order valence-electron chi connectivity index (χ2n) is 3.73. The molecular weight excluding hydrogens is 190 g/mol. The predicted octanol–water partition coefficient (Wildman–Crippen LogP) is 1.33. The molecule has 0 saturated heterocycles. The number of aliphatic hydroxyl groups is 1. The van der Waals surface area contributed by atoms with Crippen molar-refractivity contribution in [1.82, 2.24) is 5.32 Å². The zero-order valence-electron chi connectivity index (χ0n) is 9.42. The average Bonchev–Trinajstić information content (AvgIpc) is 2.20. The number of hydrogen-bond donors (Lipinski definition) is 2. The molecule has 0 radical (unpaired) electrons. The third-order valence-corrected chi connectivity index (χ3v) is 2.48. The molecule has 0 bridgehead atoms. The van der Waals surface area contributed by atoms with E-state index in [0.29, 0.717) is 12.1 Å². The third kappa shape index (κ3) is 2.80. The predicted molar refractivity (Wildman–Crippen MR) is 60.1 cm³/mol. The molecule has 1 amide bonds. The fraction of sp³-hybridized carbons (Fsp3) is 0.417. The van der Waals surface area contributed by atoms with Crippen LogP contribution in [-0.2, 0) is 0 Å². The molecular formula is C12H17NO2. The Labute approximate surface area is 90.1 Å². The number of carbonyl (C=O) groups excluding carboxylic acids is 1. The second-order valence-corrected chi connectivity index (χ2v) is 3.73. The zero-order chi connectivity index (χ0) is 11.4. The van der Waals surface area contributed by atoms with Crippen LogP contribution in [0.25, 0.3) is 0 Å². The largest absolute Gasteiger partial charge is 0.395 e. The van der Waals surface area contributed by atoms with E-state index in [4.69, 9.17) is 5.11 Å². The molecule has 0 heterocycles. The van der Waals surface area contributed by atoms with E-state index >= 15 is 0 Å². The van der Waals surface area contributed by atoms with E-state index in [-0.39, 0.29) is 12.5 Å². The highest BCUT2D eigenvalue weighted by Crippen LogP contribution is 2.14. The molecule has 2 N–H and O–H groups in total. The minimum absolute atomic E-state index is 0.0321. The van der Waals surface area contributed by atoms with Crippen LogP contribution in [0, 0.1) is 20.8 Å². The summed E-state index contributed by atoms with van der Waals surface area (Å²) < 4.78 is 0. The number of rotatable bonds is 3. The van der Waals surface area contributed by atoms with Gasteiger partial charge in [0.1, 0.15) is 0 Å². The maximum absolute atomic E-state index is 11.7. The van der Waals surface area contributed by atoms with Gasteiger partial charge in [0.15, 0.2) is 0 Å². The quantitative estimate of drug-likeness (QED) is 0.785. The van der Waals surface area contributed by atoms with Crippen molar-refractivity contribution < 1.29 is 9.90 Å². The van der Waals surface area contributed by atoms with Crippen LogP contribution < -0.4 is 5.32 Å². The van der Waals surface area contributed by atoms with E-state index in [9.17, 15) is 4.79 Å². The summed E-state index contributed by atoms with van der Waals surface area (Å²) in [4.78, 5) is 11.7. The number of benzene rings is 1. The number of aliphatic hydroxyl groups excluding tert-OH is 1. The summed E-state index contributed by atoms with van der Waals surface area (Å²) in [5.74, 6) is -0.121. The van der Waals surface area contributed by atoms with E-state index in [1.54, 1.807) is 0 Å². The van der Waals surface area contributed by atoms with Gasteiger partial charge in [-0.2, -0.15) is 0 Å². The van der Waals surface area contributed by atoms with Crippen LogP contribution in [0.15, 0.2) is 12.1 Å². The van der Waals surface area contributed by atoms with Gasteiger partial charge in [-0.05, 0) is 43.5 Å². The standard InChI is InChI=1S/C12H17NO2/c1-8-6-10(3)11(7-9(8)2)12(15)13-4-5-14/h6-7,14H,4-5H2,1-3H3,(H,13,15). The number of aryl methyl sites for hydroxylation is 3. The number of carbonyl (C=O) groups is 1. The van der Waals surface area contributed by atoms with E-state index < -0.39 is 0 Å². The fourth-order valence-electron chi connectivity index (χ4n) is 1.47. The van der Waals surface area contributed by atoms with Crippen LogP contribution in [0.2, 0.25) is 0 Å². The topological polar surface area (TPSA) is 49.3 Å². The number of amides is 1. The molecule has 1 aromatic rings. The van der Waals surface area contributed by atoms with Gasteiger partial charge < -0.3 is 10.4 Å². The average molecular weight is 207 g/mol. The van der Waals surface area contributed by atoms with Crippen LogP contribution in [0.3, 0.4) is 0 Å². The Hall–Kier alpha value is -1.35. The summed E-state index contributed by atoms with van der Waals surface area (Å²) in [5, 5.41) is 11.3. The maximum Gasteiger partial charge on any atom is 0.251 e. The monoisotopic (exact) mass is 207 g/mol. The van der Waals surface area contributed by atoms with Crippen LogP contribution in [0.4, 0.5) is 0 Å². The maximum atomic E-state index is 11.7. The Bertz CT molecular complexity index is 372. The Morgan fingerprint density at radius 3 is 2.40 bits per heavy atom. The minimum atomic E-state index is -0.121. The Morgan fingerprint density at radius 1 is 1.20 bits per heavy atom. The highest BCUT2D eigenvalue weighted by molar-refractivity contribution is 5.95. The van der Waals surface area contributed by atoms with E-state index in [1.165, 1.54) is 5.56 Å². The lowest BCUT2D eigenvalue weighted by atomic mass is 10.0. The van der Waals surface area contributed by atoms with Crippen molar-refractivity contribution in [2.75, 3.05) is 13.2 Å². The molecule has 1 aromatic carbocycles. The second kappa shape index (κ2) is 4.94. The van der Waals surface area contributed by atoms with Crippen LogP contribution in [-0.4, -0.2) is 24.2 Å². The van der Waals surface area contributed by atoms with E-state index in [0.717, 1.165) is 11.1 Å². The lowest BCUT2D eigenvalue weighted by Gasteiger charge is -2.09. The summed E-state index contributed by atoms with van der Waals surface area (Å²) in [6.45, 7) is 6.19. The van der Waals surface area contributed by atoms with Crippen molar-refractivity contribution in [3.05, 3.63) is 34.4 Å². The molecule has 1 rings (SSSR count). The summed E-state index contributed by atoms with van der Waals surface area (Å²) >= 11 is 0. The molecule has 0 unspecified atom stereocenters. The van der Waals surface area contributed by atoms with Gasteiger partial charge in [0.25, 0.3) is 5.91 Å². The van der Waals surface area contributed by atoms with Gasteiger partial charge in [-0.25, -0.2) is 0 Å². The molecule has 82 valence electrons. The lowest BCUT2D eigenvalue weighted by Crippen LogP contribution is -2.27. The highest BCUT2D eigenvalue weighted by Gasteiger charge is 2.09. The molecule has 0 fully saturated rings. The van der Waals surface area contributed by atoms with Gasteiger partial charge in [0.05, 0.1) is 6.61 Å². The summed E-state index contributed by atoms with van der Waals surface area (Å²) in [6, 6.07) is 3.89. The van der Waals surface area contributed by atoms with Gasteiger partial charge in [-0.1, -0.05) is 6.07 Å². The van der Waals surface area contributed by atoms with Crippen molar-refractivity contribution in [1.29, 1.82) is 0 Å². The fourth-order valence-corrected chi connectivity index (χ4v) is 1.47. The molecule has 0 aliphatic heterocycles. The molecule has 0 atom stereocenters. The Morgan fingerprint density at radius 2 is 1.80 bits per heavy atom. The third-order valence-electron chi connectivity index (χ3n) is 2.48. The van der Waals surface area contributed by atoms with Crippen LogP contribution in [0.1, 0.15) is 27.0 Å². The van der Waals surface area contributed by atoms with E-state index in [1.807, 2.05) is 32.9 Å². The molecule has 3 nitrogen and oxygen atoms in total. The van der Waals surface area contributed by atoms with Crippen molar-refractivity contribution in [3.8, 4) is 0 Å². The number of hydrogen-bond acceptors (Lipinski definition) is 2. The van der Waals surface area contributed by atoms with E-state index in [2.05, 4.69) is 5.32 Å². The molecule has 15 heavy (non-hydrogen) atoms. The van der Waals surface area contributed by atoms with Gasteiger partial charge in [0.2, 0.25) is 0 Å². The summed E-state index contributed by atoms with van der Waals surface area (Å²) in [7, 11) is 0. The first kappa shape index (κ1) is 11.7. The van der Waals surface area contributed by atoms with Crippen molar-refractivity contribution in [2.45, 2.75) is 20.8 Å². The molecule has 0 saturated carbocycles. The van der Waals surface area contributed by atoms with Gasteiger partial charge in [-0.3, -0.25) is 4.79 Å². The molecule has 3 heteroatoms. The first-order chi connectivity index (χ1) is 7.06. The van der Waals surface area contributed by atoms with Crippen molar-refractivity contribution >= 4 is 5.91 Å². The van der Waals surface area contributed by atoms with Crippen molar-refractivity contribution in [2.24, 2.45) is 0 Å². The smallest absolute Gasteiger partial charge is 0.251 e. The first-order valence-electron chi connectivity index (χ1n) is 5.03. The molecule has 0 spiro atoms. The summed E-state index contributed by atoms with van der Waals surface area (Å²) in [5.41, 5.74) is 3.95. The van der Waals surface area contributed by atoms with Gasteiger partial charge >= 0.3 is 0 Å². The zero-order valence-corrected chi connectivity index (χ0v) is 9.42. The Kier molecular flexibility index (Phi) is 3.86. The minimum Gasteiger partial charge on any atom is -0.395 e. The highest BCUT2D eigenvalue weighted by atomic mass is 16.3. The normalized spacial score (nSPS) is 10.1. The molecule has 0 aliphatic rings.